The van der Waals surface area contributed by atoms with E-state index in [1.165, 1.54) is 11.3 Å². The van der Waals surface area contributed by atoms with Crippen molar-refractivity contribution in [2.75, 3.05) is 32.1 Å². The summed E-state index contributed by atoms with van der Waals surface area (Å²) in [7, 11) is 0. The van der Waals surface area contributed by atoms with Crippen LogP contribution in [0.25, 0.3) is 10.1 Å². The summed E-state index contributed by atoms with van der Waals surface area (Å²) in [5.41, 5.74) is 6.57. The van der Waals surface area contributed by atoms with Gasteiger partial charge in [-0.15, -0.1) is 11.3 Å². The molecule has 2 rings (SSSR count). The van der Waals surface area contributed by atoms with Gasteiger partial charge in [-0.2, -0.15) is 0 Å². The van der Waals surface area contributed by atoms with E-state index in [1.54, 1.807) is 0 Å². The molecule has 0 saturated heterocycles. The normalized spacial score (nSPS) is 11.0. The molecule has 0 unspecified atom stereocenters. The van der Waals surface area contributed by atoms with Crippen molar-refractivity contribution in [1.29, 1.82) is 0 Å². The van der Waals surface area contributed by atoms with E-state index in [0.29, 0.717) is 36.7 Å². The molecule has 1 heterocycles. The second kappa shape index (κ2) is 7.74. The highest BCUT2D eigenvalue weighted by Crippen LogP contribution is 2.35. The van der Waals surface area contributed by atoms with E-state index in [4.69, 9.17) is 15.6 Å². The summed E-state index contributed by atoms with van der Waals surface area (Å²) in [6, 6.07) is 5.77. The van der Waals surface area contributed by atoms with Crippen molar-refractivity contribution in [3.05, 3.63) is 27.5 Å². The number of fused-ring (bicyclic) bond motifs is 1. The number of aliphatic hydroxyl groups is 1. The van der Waals surface area contributed by atoms with E-state index >= 15 is 0 Å². The lowest BCUT2D eigenvalue weighted by Crippen LogP contribution is -2.25. The van der Waals surface area contributed by atoms with E-state index in [0.717, 1.165) is 14.6 Å². The molecule has 7 heteroatoms. The first-order chi connectivity index (χ1) is 10.1. The van der Waals surface area contributed by atoms with Gasteiger partial charge in [0.05, 0.1) is 18.9 Å². The monoisotopic (exact) mass is 372 g/mol. The smallest absolute Gasteiger partial charge is 0.263 e. The van der Waals surface area contributed by atoms with Crippen LogP contribution in [0.2, 0.25) is 0 Å². The fourth-order valence-electron chi connectivity index (χ4n) is 1.88. The van der Waals surface area contributed by atoms with Gasteiger partial charge in [0.1, 0.15) is 4.88 Å². The number of anilines is 1. The molecule has 4 N–H and O–H groups in total. The molecule has 0 bridgehead atoms. The van der Waals surface area contributed by atoms with E-state index < -0.39 is 0 Å². The number of rotatable bonds is 7. The topological polar surface area (TPSA) is 84.6 Å². The number of carbonyl (C=O) groups is 1. The Morgan fingerprint density at radius 2 is 2.24 bits per heavy atom. The second-order valence-corrected chi connectivity index (χ2v) is 6.40. The number of nitrogen functional groups attached to an aromatic ring is 1. The van der Waals surface area contributed by atoms with E-state index in [1.807, 2.05) is 18.2 Å². The van der Waals surface area contributed by atoms with Crippen LogP contribution in [0.15, 0.2) is 22.7 Å². The van der Waals surface area contributed by atoms with Crippen LogP contribution < -0.4 is 11.1 Å². The largest absolute Gasteiger partial charge is 0.397 e. The Kier molecular flexibility index (Phi) is 5.98. The Morgan fingerprint density at radius 1 is 1.43 bits per heavy atom. The molecule has 114 valence electrons. The molecule has 1 amide bonds. The number of ether oxygens (including phenoxy) is 1. The third-order valence-corrected chi connectivity index (χ3v) is 4.54. The first-order valence-electron chi connectivity index (χ1n) is 6.58. The predicted octanol–water partition coefficient (Wildman–Crippen LogP) is 2.37. The van der Waals surface area contributed by atoms with Crippen LogP contribution >= 0.6 is 27.3 Å². The van der Waals surface area contributed by atoms with Crippen molar-refractivity contribution >= 4 is 48.9 Å². The van der Waals surface area contributed by atoms with Crippen LogP contribution in [0, 0.1) is 0 Å². The molecule has 1 aromatic carbocycles. The molecule has 0 aliphatic heterocycles. The van der Waals surface area contributed by atoms with Gasteiger partial charge in [0.25, 0.3) is 5.91 Å². The average molecular weight is 373 g/mol. The van der Waals surface area contributed by atoms with Crippen molar-refractivity contribution in [2.45, 2.75) is 6.42 Å². The van der Waals surface area contributed by atoms with Gasteiger partial charge in [-0.3, -0.25) is 4.79 Å². The maximum Gasteiger partial charge on any atom is 0.263 e. The van der Waals surface area contributed by atoms with Crippen molar-refractivity contribution < 1.29 is 14.6 Å². The van der Waals surface area contributed by atoms with Gasteiger partial charge < -0.3 is 20.9 Å². The molecule has 0 fully saturated rings. The van der Waals surface area contributed by atoms with Crippen molar-refractivity contribution in [3.63, 3.8) is 0 Å². The minimum absolute atomic E-state index is 0.0141. The number of benzene rings is 1. The number of hydrogen-bond acceptors (Lipinski definition) is 5. The Morgan fingerprint density at radius 3 is 3.00 bits per heavy atom. The lowest BCUT2D eigenvalue weighted by atomic mass is 10.2. The Hall–Kier alpha value is -1.15. The van der Waals surface area contributed by atoms with Gasteiger partial charge in [-0.05, 0) is 18.6 Å². The van der Waals surface area contributed by atoms with Gasteiger partial charge in [0.15, 0.2) is 0 Å². The Labute approximate surface area is 135 Å². The molecule has 0 atom stereocenters. The van der Waals surface area contributed by atoms with E-state index in [9.17, 15) is 4.79 Å². The summed E-state index contributed by atoms with van der Waals surface area (Å²) in [5, 5.41) is 12.3. The lowest BCUT2D eigenvalue weighted by Gasteiger charge is -2.05. The van der Waals surface area contributed by atoms with Crippen LogP contribution in [-0.4, -0.2) is 37.4 Å². The number of amides is 1. The Balaban J connectivity index is 1.95. The minimum Gasteiger partial charge on any atom is -0.397 e. The molecular formula is C14H17BrN2O3S. The number of halogens is 1. The highest BCUT2D eigenvalue weighted by atomic mass is 79.9. The fraction of sp³-hybridized carbons (Fsp3) is 0.357. The molecule has 2 aromatic rings. The maximum atomic E-state index is 12.1. The minimum atomic E-state index is -0.160. The molecule has 5 nitrogen and oxygen atoms in total. The zero-order chi connectivity index (χ0) is 15.2. The summed E-state index contributed by atoms with van der Waals surface area (Å²) in [4.78, 5) is 12.7. The van der Waals surface area contributed by atoms with Gasteiger partial charge in [0, 0.05) is 27.7 Å². The van der Waals surface area contributed by atoms with Crippen LogP contribution in [0.1, 0.15) is 16.1 Å². The number of hydrogen-bond donors (Lipinski definition) is 3. The third-order valence-electron chi connectivity index (χ3n) is 2.88. The number of nitrogens with two attached hydrogens (primary N) is 1. The highest BCUT2D eigenvalue weighted by Gasteiger charge is 2.15. The first kappa shape index (κ1) is 16.2. The van der Waals surface area contributed by atoms with Crippen molar-refractivity contribution in [1.82, 2.24) is 5.32 Å². The summed E-state index contributed by atoms with van der Waals surface area (Å²) in [5.74, 6) is -0.160. The summed E-state index contributed by atoms with van der Waals surface area (Å²) < 4.78 is 7.07. The van der Waals surface area contributed by atoms with Crippen molar-refractivity contribution in [3.8, 4) is 0 Å². The number of carbonyl (C=O) groups excluding carboxylic acids is 1. The molecule has 0 radical (unpaired) electrons. The van der Waals surface area contributed by atoms with Gasteiger partial charge >= 0.3 is 0 Å². The van der Waals surface area contributed by atoms with Crippen LogP contribution in [-0.2, 0) is 4.74 Å². The van der Waals surface area contributed by atoms with Gasteiger partial charge in [-0.25, -0.2) is 0 Å². The molecular weight excluding hydrogens is 356 g/mol. The Bertz CT molecular complexity index is 630. The lowest BCUT2D eigenvalue weighted by molar-refractivity contribution is 0.0869. The summed E-state index contributed by atoms with van der Waals surface area (Å²) in [6.45, 7) is 1.36. The number of nitrogens with one attached hydrogen (secondary N) is 1. The van der Waals surface area contributed by atoms with Crippen molar-refractivity contribution in [2.24, 2.45) is 0 Å². The second-order valence-electron chi connectivity index (χ2n) is 4.43. The summed E-state index contributed by atoms with van der Waals surface area (Å²) in [6.07, 6.45) is 0.697. The van der Waals surface area contributed by atoms with Crippen LogP contribution in [0.3, 0.4) is 0 Å². The highest BCUT2D eigenvalue weighted by molar-refractivity contribution is 9.10. The molecule has 0 aliphatic carbocycles. The maximum absolute atomic E-state index is 12.1. The van der Waals surface area contributed by atoms with Crippen LogP contribution in [0.4, 0.5) is 5.69 Å². The van der Waals surface area contributed by atoms with Gasteiger partial charge in [0.2, 0.25) is 0 Å². The third kappa shape index (κ3) is 4.16. The molecule has 0 spiro atoms. The standard InChI is InChI=1S/C14H17BrN2O3S/c15-9-2-3-10-11(8-9)21-13(12(10)16)14(19)17-4-1-6-20-7-5-18/h2-3,8,18H,1,4-7,16H2,(H,17,19). The van der Waals surface area contributed by atoms with Crippen LogP contribution in [0.5, 0.6) is 0 Å². The van der Waals surface area contributed by atoms with Gasteiger partial charge in [-0.1, -0.05) is 22.0 Å². The number of thiophene rings is 1. The molecule has 21 heavy (non-hydrogen) atoms. The predicted molar refractivity (Wildman–Crippen MR) is 88.8 cm³/mol. The zero-order valence-electron chi connectivity index (χ0n) is 11.4. The van der Waals surface area contributed by atoms with E-state index in [-0.39, 0.29) is 12.5 Å². The average Bonchev–Trinajstić information content (AvgIpc) is 2.79. The summed E-state index contributed by atoms with van der Waals surface area (Å²) >= 11 is 4.80. The first-order valence-corrected chi connectivity index (χ1v) is 8.18. The number of aliphatic hydroxyl groups excluding tert-OH is 1. The SMILES string of the molecule is Nc1c(C(=O)NCCCOCCO)sc2cc(Br)ccc12. The molecule has 1 aromatic heterocycles. The zero-order valence-corrected chi connectivity index (χ0v) is 13.8. The molecule has 0 saturated carbocycles. The molecule has 0 aliphatic rings. The fourth-order valence-corrected chi connectivity index (χ4v) is 3.47. The quantitative estimate of drug-likeness (QED) is 0.651. The van der Waals surface area contributed by atoms with E-state index in [2.05, 4.69) is 21.2 Å².